The van der Waals surface area contributed by atoms with Crippen molar-refractivity contribution in [2.24, 2.45) is 0 Å². The van der Waals surface area contributed by atoms with E-state index in [1.165, 1.54) is 18.4 Å². The lowest BCUT2D eigenvalue weighted by molar-refractivity contribution is -0.142. The van der Waals surface area contributed by atoms with Crippen LogP contribution >= 0.6 is 22.9 Å². The molecule has 3 rings (SSSR count). The summed E-state index contributed by atoms with van der Waals surface area (Å²) >= 11 is 7.36. The first kappa shape index (κ1) is 18.6. The Morgan fingerprint density at radius 1 is 1.46 bits per heavy atom. The first-order valence-corrected chi connectivity index (χ1v) is 8.56. The Labute approximate surface area is 154 Å². The molecule has 0 aliphatic carbocycles. The monoisotopic (exact) mass is 404 g/mol. The molecule has 0 bridgehead atoms. The summed E-state index contributed by atoms with van der Waals surface area (Å²) in [5.41, 5.74) is -1.53. The number of halogens is 4. The van der Waals surface area contributed by atoms with Gasteiger partial charge in [0.05, 0.1) is 17.2 Å². The number of thiophene rings is 1. The van der Waals surface area contributed by atoms with Crippen molar-refractivity contribution in [1.82, 2.24) is 19.9 Å². The number of alkyl halides is 3. The third kappa shape index (κ3) is 3.53. The minimum atomic E-state index is -4.70. The first-order chi connectivity index (χ1) is 12.3. The number of fused-ring (bicyclic) bond motifs is 1. The van der Waals surface area contributed by atoms with E-state index < -0.39 is 17.8 Å². The summed E-state index contributed by atoms with van der Waals surface area (Å²) in [6.07, 6.45) is -4.70. The summed E-state index contributed by atoms with van der Waals surface area (Å²) in [6, 6.07) is 4.23. The molecule has 3 heterocycles. The zero-order chi connectivity index (χ0) is 18.9. The highest BCUT2D eigenvalue weighted by Gasteiger charge is 2.36. The van der Waals surface area contributed by atoms with Gasteiger partial charge in [0.25, 0.3) is 5.91 Å². The van der Waals surface area contributed by atoms with E-state index in [1.807, 2.05) is 0 Å². The van der Waals surface area contributed by atoms with Crippen LogP contribution in [0.1, 0.15) is 16.2 Å². The predicted molar refractivity (Wildman–Crippen MR) is 90.5 cm³/mol. The maximum Gasteiger partial charge on any atom is 0.433 e. The van der Waals surface area contributed by atoms with E-state index in [9.17, 15) is 18.0 Å². The Morgan fingerprint density at radius 2 is 2.23 bits per heavy atom. The van der Waals surface area contributed by atoms with Crippen molar-refractivity contribution in [3.63, 3.8) is 0 Å². The van der Waals surface area contributed by atoms with Crippen LogP contribution in [0.3, 0.4) is 0 Å². The molecule has 0 saturated carbocycles. The molecule has 0 unspecified atom stereocenters. The lowest BCUT2D eigenvalue weighted by atomic mass is 10.2. The van der Waals surface area contributed by atoms with E-state index in [4.69, 9.17) is 16.3 Å². The third-order valence-corrected chi connectivity index (χ3v) is 4.64. The van der Waals surface area contributed by atoms with Crippen LogP contribution in [0.15, 0.2) is 23.6 Å². The largest absolute Gasteiger partial charge is 0.433 e. The number of methoxy groups -OCH3 is 1. The van der Waals surface area contributed by atoms with Gasteiger partial charge >= 0.3 is 6.18 Å². The summed E-state index contributed by atoms with van der Waals surface area (Å²) in [4.78, 5) is 16.9. The molecule has 0 spiro atoms. The van der Waals surface area contributed by atoms with E-state index in [0.717, 1.165) is 6.07 Å². The van der Waals surface area contributed by atoms with Crippen LogP contribution in [0.5, 0.6) is 0 Å². The van der Waals surface area contributed by atoms with Crippen molar-refractivity contribution < 1.29 is 22.7 Å². The van der Waals surface area contributed by atoms with Crippen molar-refractivity contribution in [2.75, 3.05) is 20.3 Å². The maximum atomic E-state index is 13.5. The van der Waals surface area contributed by atoms with Crippen molar-refractivity contribution in [3.8, 4) is 10.6 Å². The van der Waals surface area contributed by atoms with Crippen LogP contribution in [0.4, 0.5) is 13.2 Å². The predicted octanol–water partition coefficient (Wildman–Crippen LogP) is 3.51. The molecule has 0 aromatic carbocycles. The van der Waals surface area contributed by atoms with E-state index >= 15 is 0 Å². The van der Waals surface area contributed by atoms with Crippen LogP contribution in [0.25, 0.3) is 16.2 Å². The van der Waals surface area contributed by atoms with E-state index in [2.05, 4.69) is 15.4 Å². The van der Waals surface area contributed by atoms with Crippen LogP contribution in [-0.2, 0) is 10.9 Å². The molecule has 1 amide bonds. The molecular weight excluding hydrogens is 393 g/mol. The second-order valence-electron chi connectivity index (χ2n) is 5.15. The van der Waals surface area contributed by atoms with Crippen molar-refractivity contribution in [3.05, 3.63) is 40.0 Å². The Morgan fingerprint density at radius 3 is 2.85 bits per heavy atom. The second kappa shape index (κ2) is 7.22. The molecular formula is C15H12ClF3N4O2S. The zero-order valence-electron chi connectivity index (χ0n) is 13.3. The van der Waals surface area contributed by atoms with Gasteiger partial charge < -0.3 is 10.1 Å². The Hall–Kier alpha value is -2.17. The van der Waals surface area contributed by atoms with Gasteiger partial charge in [0.15, 0.2) is 17.0 Å². The summed E-state index contributed by atoms with van der Waals surface area (Å²) < 4.78 is 45.8. The van der Waals surface area contributed by atoms with Gasteiger partial charge in [-0.3, -0.25) is 4.79 Å². The summed E-state index contributed by atoms with van der Waals surface area (Å²) in [5.74, 6) is -0.705. The topological polar surface area (TPSA) is 68.5 Å². The van der Waals surface area contributed by atoms with Gasteiger partial charge in [-0.15, -0.1) is 11.3 Å². The van der Waals surface area contributed by atoms with Crippen molar-refractivity contribution >= 4 is 34.5 Å². The molecule has 26 heavy (non-hydrogen) atoms. The average molecular weight is 405 g/mol. The van der Waals surface area contributed by atoms with Gasteiger partial charge in [0.1, 0.15) is 5.02 Å². The number of nitrogens with zero attached hydrogens (tertiary/aromatic N) is 3. The van der Waals surface area contributed by atoms with E-state index in [0.29, 0.717) is 9.39 Å². The lowest BCUT2D eigenvalue weighted by Crippen LogP contribution is -2.27. The fraction of sp³-hybridized carbons (Fsp3) is 0.267. The number of ether oxygens (including phenoxy) is 1. The fourth-order valence-electron chi connectivity index (χ4n) is 2.24. The molecule has 138 valence electrons. The highest BCUT2D eigenvalue weighted by molar-refractivity contribution is 7.13. The molecule has 0 saturated heterocycles. The number of amides is 1. The molecule has 1 N–H and O–H groups in total. The maximum absolute atomic E-state index is 13.5. The smallest absolute Gasteiger partial charge is 0.383 e. The standard InChI is InChI=1S/C15H12ClF3N4O2S/c1-25-5-4-20-14(24)12-11(16)13-21-8(9-3-2-6-26-9)7-10(15(17,18)19)23(13)22-12/h2-3,6-7H,4-5H2,1H3,(H,20,24). The molecule has 6 nitrogen and oxygen atoms in total. The molecule has 3 aromatic rings. The van der Waals surface area contributed by atoms with Gasteiger partial charge in [-0.1, -0.05) is 17.7 Å². The molecule has 0 atom stereocenters. The summed E-state index contributed by atoms with van der Waals surface area (Å²) in [7, 11) is 1.45. The summed E-state index contributed by atoms with van der Waals surface area (Å²) in [5, 5.41) is 7.68. The van der Waals surface area contributed by atoms with Gasteiger partial charge in [-0.25, -0.2) is 9.50 Å². The molecule has 0 aliphatic rings. The van der Waals surface area contributed by atoms with Crippen LogP contribution < -0.4 is 5.32 Å². The minimum Gasteiger partial charge on any atom is -0.383 e. The molecule has 11 heteroatoms. The molecule has 3 aromatic heterocycles. The number of nitrogens with one attached hydrogen (secondary N) is 1. The number of rotatable bonds is 5. The normalized spacial score (nSPS) is 11.9. The SMILES string of the molecule is COCCNC(=O)c1nn2c(C(F)(F)F)cc(-c3cccs3)nc2c1Cl. The fourth-order valence-corrected chi connectivity index (χ4v) is 3.17. The quantitative estimate of drug-likeness (QED) is 0.661. The van der Waals surface area contributed by atoms with Crippen LogP contribution in [0.2, 0.25) is 5.02 Å². The average Bonchev–Trinajstić information content (AvgIpc) is 3.22. The van der Waals surface area contributed by atoms with Crippen LogP contribution in [-0.4, -0.2) is 40.8 Å². The number of hydrogen-bond donors (Lipinski definition) is 1. The van der Waals surface area contributed by atoms with Gasteiger partial charge in [0.2, 0.25) is 0 Å². The van der Waals surface area contributed by atoms with Gasteiger partial charge in [-0.05, 0) is 17.5 Å². The molecule has 0 fully saturated rings. The third-order valence-electron chi connectivity index (χ3n) is 3.40. The van der Waals surface area contributed by atoms with E-state index in [-0.39, 0.29) is 35.2 Å². The highest BCUT2D eigenvalue weighted by Crippen LogP contribution is 2.35. The first-order valence-electron chi connectivity index (χ1n) is 7.30. The number of carbonyl (C=O) groups is 1. The number of aromatic nitrogens is 3. The minimum absolute atomic E-state index is 0.105. The van der Waals surface area contributed by atoms with Gasteiger partial charge in [0, 0.05) is 13.7 Å². The van der Waals surface area contributed by atoms with Crippen molar-refractivity contribution in [1.29, 1.82) is 0 Å². The van der Waals surface area contributed by atoms with E-state index in [1.54, 1.807) is 17.5 Å². The zero-order valence-corrected chi connectivity index (χ0v) is 14.9. The number of hydrogen-bond acceptors (Lipinski definition) is 5. The highest BCUT2D eigenvalue weighted by atomic mass is 35.5. The van der Waals surface area contributed by atoms with Crippen molar-refractivity contribution in [2.45, 2.75) is 6.18 Å². The Bertz CT molecular complexity index is 941. The molecule has 0 aliphatic heterocycles. The number of carbonyl (C=O) groups excluding carboxylic acids is 1. The second-order valence-corrected chi connectivity index (χ2v) is 6.47. The van der Waals surface area contributed by atoms with Gasteiger partial charge in [-0.2, -0.15) is 18.3 Å². The summed E-state index contributed by atoms with van der Waals surface area (Å²) in [6.45, 7) is 0.408. The molecule has 0 radical (unpaired) electrons. The Kier molecular flexibility index (Phi) is 5.17. The lowest BCUT2D eigenvalue weighted by Gasteiger charge is -2.10. The Balaban J connectivity index is 2.14. The van der Waals surface area contributed by atoms with Crippen LogP contribution in [0, 0.1) is 0 Å².